The molecule has 16 heavy (non-hydrogen) atoms. The Labute approximate surface area is 102 Å². The van der Waals surface area contributed by atoms with Gasteiger partial charge >= 0.3 is 0 Å². The lowest BCUT2D eigenvalue weighted by Gasteiger charge is -2.14. The number of unbranched alkanes of at least 4 members (excludes halogenated alkanes) is 3. The largest absolute Gasteiger partial charge is 0.378 e. The van der Waals surface area contributed by atoms with Crippen molar-refractivity contribution in [3.05, 3.63) is 24.3 Å². The third kappa shape index (κ3) is 9.97. The van der Waals surface area contributed by atoms with Gasteiger partial charge in [-0.15, -0.1) is 0 Å². The van der Waals surface area contributed by atoms with Crippen LogP contribution in [0.5, 0.6) is 0 Å². The molecule has 0 radical (unpaired) electrons. The quantitative estimate of drug-likeness (QED) is 0.379. The summed E-state index contributed by atoms with van der Waals surface area (Å²) in [6.45, 7) is 7.28. The Morgan fingerprint density at radius 2 is 1.56 bits per heavy atom. The summed E-state index contributed by atoms with van der Waals surface area (Å²) < 4.78 is 5.89. The van der Waals surface area contributed by atoms with Crippen LogP contribution < -0.4 is 0 Å². The first-order chi connectivity index (χ1) is 7.85. The smallest absolute Gasteiger partial charge is 0.0643 e. The Kier molecular flexibility index (Phi) is 12.1. The van der Waals surface area contributed by atoms with Crippen LogP contribution in [0.15, 0.2) is 24.3 Å². The first kappa shape index (κ1) is 15.4. The van der Waals surface area contributed by atoms with Crippen LogP contribution >= 0.6 is 0 Å². The average Bonchev–Trinajstić information content (AvgIpc) is 2.31. The van der Waals surface area contributed by atoms with Crippen molar-refractivity contribution in [2.75, 3.05) is 6.61 Å². The van der Waals surface area contributed by atoms with Gasteiger partial charge in [0, 0.05) is 6.61 Å². The van der Waals surface area contributed by atoms with E-state index in [-0.39, 0.29) is 0 Å². The van der Waals surface area contributed by atoms with Crippen LogP contribution in [0.2, 0.25) is 0 Å². The highest BCUT2D eigenvalue weighted by molar-refractivity contribution is 4.86. The molecule has 0 bridgehead atoms. The molecule has 0 spiro atoms. The normalized spacial score (nSPS) is 13.9. The molecule has 0 heterocycles. The predicted molar refractivity (Wildman–Crippen MR) is 72.7 cm³/mol. The van der Waals surface area contributed by atoms with Gasteiger partial charge in [-0.3, -0.25) is 0 Å². The Morgan fingerprint density at radius 1 is 0.938 bits per heavy atom. The number of allylic oxidation sites excluding steroid dienone is 2. The molecule has 0 atom stereocenters. The van der Waals surface area contributed by atoms with E-state index >= 15 is 0 Å². The number of ether oxygens (including phenoxy) is 1. The van der Waals surface area contributed by atoms with E-state index < -0.39 is 0 Å². The average molecular weight is 224 g/mol. The van der Waals surface area contributed by atoms with Crippen molar-refractivity contribution in [3.8, 4) is 0 Å². The molecule has 0 amide bonds. The van der Waals surface area contributed by atoms with E-state index in [0.717, 1.165) is 19.4 Å². The molecule has 0 N–H and O–H groups in total. The van der Waals surface area contributed by atoms with E-state index in [2.05, 4.69) is 45.1 Å². The van der Waals surface area contributed by atoms with Crippen LogP contribution in [0, 0.1) is 0 Å². The highest BCUT2D eigenvalue weighted by Gasteiger charge is 2.04. The molecule has 0 aromatic carbocycles. The lowest BCUT2D eigenvalue weighted by molar-refractivity contribution is 0.0546. The zero-order valence-electron chi connectivity index (χ0n) is 11.2. The van der Waals surface area contributed by atoms with Gasteiger partial charge in [0.1, 0.15) is 0 Å². The van der Waals surface area contributed by atoms with E-state index in [0.29, 0.717) is 6.10 Å². The Bertz CT molecular complexity index is 168. The molecule has 0 aliphatic rings. The molecule has 0 unspecified atom stereocenters. The van der Waals surface area contributed by atoms with Crippen molar-refractivity contribution in [2.45, 2.75) is 65.4 Å². The summed E-state index contributed by atoms with van der Waals surface area (Å²) in [5, 5.41) is 0. The van der Waals surface area contributed by atoms with Crippen molar-refractivity contribution in [3.63, 3.8) is 0 Å². The zero-order chi connectivity index (χ0) is 12.1. The molecule has 0 aromatic heterocycles. The van der Waals surface area contributed by atoms with Crippen LogP contribution in [0.4, 0.5) is 0 Å². The minimum atomic E-state index is 0.369. The minimum Gasteiger partial charge on any atom is -0.378 e. The monoisotopic (exact) mass is 224 g/mol. The van der Waals surface area contributed by atoms with Gasteiger partial charge in [-0.25, -0.2) is 0 Å². The second-order valence-electron chi connectivity index (χ2n) is 4.16. The molecule has 0 aromatic rings. The van der Waals surface area contributed by atoms with E-state index in [9.17, 15) is 0 Å². The maximum Gasteiger partial charge on any atom is 0.0643 e. The standard InChI is InChI=1S/C15H28O/c1-4-7-10-11-14-16-15(12-8-5-2)13-9-6-3/h5-6,8-9,15H,4,7,10-14H2,1-3H3. The van der Waals surface area contributed by atoms with Gasteiger partial charge in [-0.1, -0.05) is 50.5 Å². The second kappa shape index (κ2) is 12.5. The minimum absolute atomic E-state index is 0.369. The summed E-state index contributed by atoms with van der Waals surface area (Å²) in [4.78, 5) is 0. The van der Waals surface area contributed by atoms with E-state index in [1.54, 1.807) is 0 Å². The fourth-order valence-electron chi connectivity index (χ4n) is 1.59. The fraction of sp³-hybridized carbons (Fsp3) is 0.733. The molecule has 1 heteroatoms. The van der Waals surface area contributed by atoms with Crippen LogP contribution in [-0.2, 0) is 4.74 Å². The van der Waals surface area contributed by atoms with Gasteiger partial charge in [-0.2, -0.15) is 0 Å². The molecule has 0 aliphatic heterocycles. The van der Waals surface area contributed by atoms with Gasteiger partial charge in [0.2, 0.25) is 0 Å². The number of rotatable bonds is 10. The number of hydrogen-bond donors (Lipinski definition) is 0. The summed E-state index contributed by atoms with van der Waals surface area (Å²) in [5.74, 6) is 0. The fourth-order valence-corrected chi connectivity index (χ4v) is 1.59. The highest BCUT2D eigenvalue weighted by atomic mass is 16.5. The Balaban J connectivity index is 3.64. The summed E-state index contributed by atoms with van der Waals surface area (Å²) in [5.41, 5.74) is 0. The van der Waals surface area contributed by atoms with Gasteiger partial charge in [0.15, 0.2) is 0 Å². The molecule has 0 aliphatic carbocycles. The lowest BCUT2D eigenvalue weighted by Crippen LogP contribution is -2.12. The Morgan fingerprint density at radius 3 is 2.06 bits per heavy atom. The molecule has 94 valence electrons. The van der Waals surface area contributed by atoms with Crippen LogP contribution in [0.25, 0.3) is 0 Å². The molecule has 0 fully saturated rings. The van der Waals surface area contributed by atoms with Crippen molar-refractivity contribution in [2.24, 2.45) is 0 Å². The zero-order valence-corrected chi connectivity index (χ0v) is 11.2. The summed E-state index contributed by atoms with van der Waals surface area (Å²) in [6.07, 6.45) is 16.2. The first-order valence-corrected chi connectivity index (χ1v) is 6.69. The Hall–Kier alpha value is -0.560. The third-order valence-corrected chi connectivity index (χ3v) is 2.62. The van der Waals surface area contributed by atoms with Crippen molar-refractivity contribution in [1.29, 1.82) is 0 Å². The van der Waals surface area contributed by atoms with Crippen LogP contribution in [0.1, 0.15) is 59.3 Å². The van der Waals surface area contributed by atoms with Crippen molar-refractivity contribution in [1.82, 2.24) is 0 Å². The van der Waals surface area contributed by atoms with Gasteiger partial charge in [-0.05, 0) is 33.1 Å². The van der Waals surface area contributed by atoms with Crippen molar-refractivity contribution < 1.29 is 4.74 Å². The molecule has 1 nitrogen and oxygen atoms in total. The van der Waals surface area contributed by atoms with Crippen LogP contribution in [0.3, 0.4) is 0 Å². The predicted octanol–water partition coefficient (Wildman–Crippen LogP) is 4.88. The molecule has 0 rings (SSSR count). The topological polar surface area (TPSA) is 9.23 Å². The molecule has 0 saturated carbocycles. The summed E-state index contributed by atoms with van der Waals surface area (Å²) in [7, 11) is 0. The van der Waals surface area contributed by atoms with Gasteiger partial charge in [0.25, 0.3) is 0 Å². The summed E-state index contributed by atoms with van der Waals surface area (Å²) in [6, 6.07) is 0. The van der Waals surface area contributed by atoms with Gasteiger partial charge in [0.05, 0.1) is 6.10 Å². The van der Waals surface area contributed by atoms with E-state index in [1.807, 2.05) is 0 Å². The summed E-state index contributed by atoms with van der Waals surface area (Å²) >= 11 is 0. The maximum atomic E-state index is 5.89. The second-order valence-corrected chi connectivity index (χ2v) is 4.16. The van der Waals surface area contributed by atoms with E-state index in [4.69, 9.17) is 4.74 Å². The van der Waals surface area contributed by atoms with Gasteiger partial charge < -0.3 is 4.74 Å². The third-order valence-electron chi connectivity index (χ3n) is 2.62. The number of hydrogen-bond acceptors (Lipinski definition) is 1. The molecular formula is C15H28O. The molecule has 0 saturated heterocycles. The lowest BCUT2D eigenvalue weighted by atomic mass is 10.1. The SMILES string of the molecule is CC=CCC(CC=CC)OCCCCCC. The highest BCUT2D eigenvalue weighted by Crippen LogP contribution is 2.08. The maximum absolute atomic E-state index is 5.89. The first-order valence-electron chi connectivity index (χ1n) is 6.69. The van der Waals surface area contributed by atoms with Crippen molar-refractivity contribution >= 4 is 0 Å². The van der Waals surface area contributed by atoms with Crippen LogP contribution in [-0.4, -0.2) is 12.7 Å². The molecular weight excluding hydrogens is 196 g/mol. The van der Waals surface area contributed by atoms with E-state index in [1.165, 1.54) is 25.7 Å².